The third-order valence-corrected chi connectivity index (χ3v) is 4.59. The fourth-order valence-corrected chi connectivity index (χ4v) is 3.25. The van der Waals surface area contributed by atoms with Gasteiger partial charge in [0.15, 0.2) is 0 Å². The van der Waals surface area contributed by atoms with Crippen molar-refractivity contribution < 1.29 is 4.42 Å². The molecule has 0 aliphatic rings. The number of unbranched alkanes of at least 4 members (excludes halogenated alkanes) is 6. The number of hydrogen-bond donors (Lipinski definition) is 0. The number of fused-ring (bicyclic) bond motifs is 1. The van der Waals surface area contributed by atoms with Crippen LogP contribution in [0.1, 0.15) is 76.3 Å². The molecule has 1 aromatic heterocycles. The fraction of sp³-hybridized carbons (Fsp3) is 0.571. The van der Waals surface area contributed by atoms with Gasteiger partial charge in [0.1, 0.15) is 5.58 Å². The zero-order valence-electron chi connectivity index (χ0n) is 14.7. The standard InChI is InChI=1S/C21H30O2/c1-3-5-7-9-13-17-18-14-11-12-16-20(18)23-21(22)19(17)15-10-8-6-4-2/h11-12,14,16H,3-10,13,15H2,1-2H3. The molecule has 0 fully saturated rings. The Kier molecular flexibility index (Phi) is 7.38. The maximum atomic E-state index is 12.4. The molecule has 2 nitrogen and oxygen atoms in total. The minimum atomic E-state index is -0.120. The predicted molar refractivity (Wildman–Crippen MR) is 98.2 cm³/mol. The summed E-state index contributed by atoms with van der Waals surface area (Å²) in [4.78, 5) is 12.4. The highest BCUT2D eigenvalue weighted by molar-refractivity contribution is 5.81. The van der Waals surface area contributed by atoms with Crippen molar-refractivity contribution in [3.05, 3.63) is 45.8 Å². The molecule has 0 unspecified atom stereocenters. The van der Waals surface area contributed by atoms with E-state index in [-0.39, 0.29) is 5.63 Å². The molecule has 0 spiro atoms. The number of hydrogen-bond acceptors (Lipinski definition) is 2. The van der Waals surface area contributed by atoms with Gasteiger partial charge in [-0.15, -0.1) is 0 Å². The van der Waals surface area contributed by atoms with Crippen LogP contribution in [-0.2, 0) is 12.8 Å². The molecule has 0 radical (unpaired) electrons. The van der Waals surface area contributed by atoms with Crippen LogP contribution in [0.25, 0.3) is 11.0 Å². The lowest BCUT2D eigenvalue weighted by Gasteiger charge is -2.11. The Balaban J connectivity index is 2.26. The van der Waals surface area contributed by atoms with Crippen LogP contribution in [0.5, 0.6) is 0 Å². The Bertz CT molecular complexity index is 654. The van der Waals surface area contributed by atoms with E-state index in [1.807, 2.05) is 18.2 Å². The second-order valence-electron chi connectivity index (χ2n) is 6.46. The van der Waals surface area contributed by atoms with Crippen LogP contribution in [0.15, 0.2) is 33.5 Å². The van der Waals surface area contributed by atoms with Crippen molar-refractivity contribution in [1.82, 2.24) is 0 Å². The Hall–Kier alpha value is -1.57. The van der Waals surface area contributed by atoms with E-state index in [0.29, 0.717) is 0 Å². The topological polar surface area (TPSA) is 30.2 Å². The summed E-state index contributed by atoms with van der Waals surface area (Å²) in [5.41, 5.74) is 2.78. The Morgan fingerprint density at radius 1 is 0.783 bits per heavy atom. The molecule has 0 bridgehead atoms. The fourth-order valence-electron chi connectivity index (χ4n) is 3.25. The van der Waals surface area contributed by atoms with Crippen molar-refractivity contribution in [2.24, 2.45) is 0 Å². The summed E-state index contributed by atoms with van der Waals surface area (Å²) >= 11 is 0. The lowest BCUT2D eigenvalue weighted by atomic mass is 9.95. The maximum absolute atomic E-state index is 12.4. The van der Waals surface area contributed by atoms with Crippen molar-refractivity contribution >= 4 is 11.0 Å². The third kappa shape index (κ3) is 4.95. The first kappa shape index (κ1) is 17.8. The van der Waals surface area contributed by atoms with Gasteiger partial charge in [0.25, 0.3) is 0 Å². The van der Waals surface area contributed by atoms with E-state index in [1.54, 1.807) is 0 Å². The molecule has 0 atom stereocenters. The Morgan fingerprint density at radius 3 is 2.04 bits per heavy atom. The number of para-hydroxylation sites is 1. The summed E-state index contributed by atoms with van der Waals surface area (Å²) in [5, 5.41) is 1.13. The molecular formula is C21H30O2. The first-order valence-electron chi connectivity index (χ1n) is 9.31. The highest BCUT2D eigenvalue weighted by Crippen LogP contribution is 2.23. The molecule has 0 aliphatic heterocycles. The first-order chi connectivity index (χ1) is 11.3. The molecule has 2 heteroatoms. The van der Waals surface area contributed by atoms with Gasteiger partial charge >= 0.3 is 5.63 Å². The van der Waals surface area contributed by atoms with E-state index in [0.717, 1.165) is 42.2 Å². The van der Waals surface area contributed by atoms with Crippen molar-refractivity contribution in [3.63, 3.8) is 0 Å². The van der Waals surface area contributed by atoms with E-state index < -0.39 is 0 Å². The summed E-state index contributed by atoms with van der Waals surface area (Å²) in [7, 11) is 0. The average Bonchev–Trinajstić information content (AvgIpc) is 2.56. The van der Waals surface area contributed by atoms with Crippen LogP contribution >= 0.6 is 0 Å². The Morgan fingerprint density at radius 2 is 1.39 bits per heavy atom. The summed E-state index contributed by atoms with van der Waals surface area (Å²) in [5.74, 6) is 0. The van der Waals surface area contributed by atoms with E-state index >= 15 is 0 Å². The van der Waals surface area contributed by atoms with Crippen molar-refractivity contribution in [2.75, 3.05) is 0 Å². The SMILES string of the molecule is CCCCCCc1c(CCCCCC)c2ccccc2oc1=O. The van der Waals surface area contributed by atoms with Crippen LogP contribution in [0.2, 0.25) is 0 Å². The van der Waals surface area contributed by atoms with E-state index in [9.17, 15) is 4.79 Å². The Labute approximate surface area is 139 Å². The number of benzene rings is 1. The van der Waals surface area contributed by atoms with Gasteiger partial charge in [0, 0.05) is 10.9 Å². The van der Waals surface area contributed by atoms with Crippen LogP contribution in [0.4, 0.5) is 0 Å². The van der Waals surface area contributed by atoms with Gasteiger partial charge in [-0.05, 0) is 37.3 Å². The predicted octanol–water partition coefficient (Wildman–Crippen LogP) is 6.04. The molecule has 2 rings (SSSR count). The largest absolute Gasteiger partial charge is 0.423 e. The molecular weight excluding hydrogens is 284 g/mol. The second-order valence-corrected chi connectivity index (χ2v) is 6.46. The highest BCUT2D eigenvalue weighted by Gasteiger charge is 2.13. The third-order valence-electron chi connectivity index (χ3n) is 4.59. The van der Waals surface area contributed by atoms with Crippen LogP contribution in [0, 0.1) is 0 Å². The van der Waals surface area contributed by atoms with Gasteiger partial charge in [-0.1, -0.05) is 70.6 Å². The molecule has 2 aromatic rings. The van der Waals surface area contributed by atoms with Crippen molar-refractivity contribution in [2.45, 2.75) is 78.1 Å². The molecule has 1 aromatic carbocycles. The first-order valence-corrected chi connectivity index (χ1v) is 9.31. The zero-order valence-corrected chi connectivity index (χ0v) is 14.7. The molecule has 126 valence electrons. The van der Waals surface area contributed by atoms with Gasteiger partial charge < -0.3 is 4.42 Å². The molecule has 0 aliphatic carbocycles. The lowest BCUT2D eigenvalue weighted by Crippen LogP contribution is -2.12. The molecule has 23 heavy (non-hydrogen) atoms. The zero-order chi connectivity index (χ0) is 16.5. The number of aryl methyl sites for hydroxylation is 1. The normalized spacial score (nSPS) is 11.2. The molecule has 0 saturated heterocycles. The van der Waals surface area contributed by atoms with Crippen LogP contribution in [-0.4, -0.2) is 0 Å². The smallest absolute Gasteiger partial charge is 0.339 e. The second kappa shape index (κ2) is 9.54. The summed E-state index contributed by atoms with van der Waals surface area (Å²) in [6.07, 6.45) is 11.5. The minimum Gasteiger partial charge on any atom is -0.423 e. The van der Waals surface area contributed by atoms with Gasteiger partial charge in [-0.3, -0.25) is 0 Å². The summed E-state index contributed by atoms with van der Waals surface area (Å²) < 4.78 is 5.56. The van der Waals surface area contributed by atoms with Crippen LogP contribution < -0.4 is 5.63 Å². The van der Waals surface area contributed by atoms with E-state index in [1.165, 1.54) is 44.1 Å². The van der Waals surface area contributed by atoms with Crippen LogP contribution in [0.3, 0.4) is 0 Å². The number of rotatable bonds is 10. The van der Waals surface area contributed by atoms with Gasteiger partial charge in [0.2, 0.25) is 0 Å². The summed E-state index contributed by atoms with van der Waals surface area (Å²) in [6.45, 7) is 4.44. The minimum absolute atomic E-state index is 0.120. The maximum Gasteiger partial charge on any atom is 0.339 e. The van der Waals surface area contributed by atoms with E-state index in [2.05, 4.69) is 19.9 Å². The van der Waals surface area contributed by atoms with Gasteiger partial charge in [-0.25, -0.2) is 4.79 Å². The average molecular weight is 314 g/mol. The lowest BCUT2D eigenvalue weighted by molar-refractivity contribution is 0.539. The van der Waals surface area contributed by atoms with Gasteiger partial charge in [-0.2, -0.15) is 0 Å². The van der Waals surface area contributed by atoms with Crippen molar-refractivity contribution in [3.8, 4) is 0 Å². The quantitative estimate of drug-likeness (QED) is 0.395. The monoisotopic (exact) mass is 314 g/mol. The van der Waals surface area contributed by atoms with Crippen molar-refractivity contribution in [1.29, 1.82) is 0 Å². The van der Waals surface area contributed by atoms with E-state index in [4.69, 9.17) is 4.42 Å². The molecule has 1 heterocycles. The molecule has 0 amide bonds. The summed E-state index contributed by atoms with van der Waals surface area (Å²) in [6, 6.07) is 7.99. The molecule has 0 saturated carbocycles. The van der Waals surface area contributed by atoms with Gasteiger partial charge in [0.05, 0.1) is 0 Å². The highest BCUT2D eigenvalue weighted by atomic mass is 16.4. The molecule has 0 N–H and O–H groups in total.